The molecule has 1 saturated heterocycles. The summed E-state index contributed by atoms with van der Waals surface area (Å²) in [6.07, 6.45) is 3.42. The summed E-state index contributed by atoms with van der Waals surface area (Å²) in [6, 6.07) is 9.78. The van der Waals surface area contributed by atoms with Crippen molar-refractivity contribution in [1.29, 1.82) is 0 Å². The lowest BCUT2D eigenvalue weighted by Gasteiger charge is -2.23. The molecule has 3 heteroatoms. The molecule has 0 radical (unpaired) electrons. The van der Waals surface area contributed by atoms with Crippen LogP contribution in [0.25, 0.3) is 6.08 Å². The number of hydrogen-bond donors (Lipinski definition) is 1. The fourth-order valence-corrected chi connectivity index (χ4v) is 1.71. The molecule has 0 aliphatic carbocycles. The van der Waals surface area contributed by atoms with E-state index in [2.05, 4.69) is 0 Å². The third kappa shape index (κ3) is 2.94. The highest BCUT2D eigenvalue weighted by molar-refractivity contribution is 5.71. The van der Waals surface area contributed by atoms with Gasteiger partial charge < -0.3 is 9.84 Å². The van der Waals surface area contributed by atoms with Crippen molar-refractivity contribution < 1.29 is 14.6 Å². The number of carbonyl (C=O) groups excluding carboxylic acids is 1. The summed E-state index contributed by atoms with van der Waals surface area (Å²) in [4.78, 5) is 11.1. The van der Waals surface area contributed by atoms with Gasteiger partial charge in [0.1, 0.15) is 6.10 Å². The molecule has 0 spiro atoms. The largest absolute Gasteiger partial charge is 0.458 e. The number of benzene rings is 1. The van der Waals surface area contributed by atoms with Crippen molar-refractivity contribution in [2.45, 2.75) is 25.0 Å². The van der Waals surface area contributed by atoms with E-state index in [0.717, 1.165) is 5.56 Å². The van der Waals surface area contributed by atoms with Gasteiger partial charge in [-0.3, -0.25) is 4.79 Å². The van der Waals surface area contributed by atoms with E-state index in [1.54, 1.807) is 0 Å². The molecule has 2 unspecified atom stereocenters. The minimum Gasteiger partial charge on any atom is -0.458 e. The summed E-state index contributed by atoms with van der Waals surface area (Å²) in [6.45, 7) is 0. The lowest BCUT2D eigenvalue weighted by molar-refractivity contribution is -0.156. The number of rotatable bonds is 2. The van der Waals surface area contributed by atoms with Gasteiger partial charge in [-0.05, 0) is 11.6 Å². The van der Waals surface area contributed by atoms with E-state index in [1.165, 1.54) is 0 Å². The van der Waals surface area contributed by atoms with Gasteiger partial charge in [0.25, 0.3) is 0 Å². The number of aliphatic hydroxyl groups excluding tert-OH is 1. The predicted molar refractivity (Wildman–Crippen MR) is 60.6 cm³/mol. The third-order valence-electron chi connectivity index (χ3n) is 2.49. The normalized spacial score (nSPS) is 25.7. The van der Waals surface area contributed by atoms with Crippen molar-refractivity contribution in [2.24, 2.45) is 0 Å². The van der Waals surface area contributed by atoms with Crippen LogP contribution in [0.3, 0.4) is 0 Å². The second-order valence-electron chi connectivity index (χ2n) is 3.89. The van der Waals surface area contributed by atoms with E-state index in [-0.39, 0.29) is 18.5 Å². The molecule has 0 saturated carbocycles. The summed E-state index contributed by atoms with van der Waals surface area (Å²) >= 11 is 0. The Morgan fingerprint density at radius 3 is 2.75 bits per heavy atom. The maximum absolute atomic E-state index is 11.1. The van der Waals surface area contributed by atoms with Gasteiger partial charge in [0.05, 0.1) is 12.5 Å². The lowest BCUT2D eigenvalue weighted by Crippen LogP contribution is -2.31. The molecule has 0 amide bonds. The van der Waals surface area contributed by atoms with E-state index in [1.807, 2.05) is 42.5 Å². The number of hydrogen-bond acceptors (Lipinski definition) is 3. The van der Waals surface area contributed by atoms with E-state index in [9.17, 15) is 9.90 Å². The highest BCUT2D eigenvalue weighted by Gasteiger charge is 2.25. The Labute approximate surface area is 94.4 Å². The smallest absolute Gasteiger partial charge is 0.309 e. The Morgan fingerprint density at radius 1 is 1.31 bits per heavy atom. The number of cyclic esters (lactones) is 1. The molecule has 0 bridgehead atoms. The molecular weight excluding hydrogens is 204 g/mol. The molecule has 1 aliphatic heterocycles. The quantitative estimate of drug-likeness (QED) is 0.769. The molecule has 1 heterocycles. The summed E-state index contributed by atoms with van der Waals surface area (Å²) in [7, 11) is 0. The summed E-state index contributed by atoms with van der Waals surface area (Å²) in [5.41, 5.74) is 1.05. The van der Waals surface area contributed by atoms with Crippen molar-refractivity contribution >= 4 is 12.0 Å². The van der Waals surface area contributed by atoms with Gasteiger partial charge in [-0.25, -0.2) is 0 Å². The predicted octanol–water partition coefficient (Wildman–Crippen LogP) is 1.77. The topological polar surface area (TPSA) is 46.5 Å². The molecule has 1 aliphatic rings. The van der Waals surface area contributed by atoms with Crippen LogP contribution in [0.1, 0.15) is 18.4 Å². The van der Waals surface area contributed by atoms with Crippen LogP contribution in [0, 0.1) is 0 Å². The Kier molecular flexibility index (Phi) is 3.37. The van der Waals surface area contributed by atoms with Crippen molar-refractivity contribution in [3.05, 3.63) is 42.0 Å². The van der Waals surface area contributed by atoms with E-state index >= 15 is 0 Å². The fourth-order valence-electron chi connectivity index (χ4n) is 1.71. The van der Waals surface area contributed by atoms with Crippen LogP contribution in [0.2, 0.25) is 0 Å². The Hall–Kier alpha value is -1.61. The van der Waals surface area contributed by atoms with Gasteiger partial charge in [0.2, 0.25) is 0 Å². The molecule has 2 atom stereocenters. The van der Waals surface area contributed by atoms with Gasteiger partial charge in [-0.1, -0.05) is 36.4 Å². The van der Waals surface area contributed by atoms with Crippen LogP contribution in [0.15, 0.2) is 36.4 Å². The van der Waals surface area contributed by atoms with Crippen molar-refractivity contribution in [2.75, 3.05) is 0 Å². The van der Waals surface area contributed by atoms with Gasteiger partial charge in [0.15, 0.2) is 0 Å². The fraction of sp³-hybridized carbons (Fsp3) is 0.308. The van der Waals surface area contributed by atoms with Gasteiger partial charge >= 0.3 is 5.97 Å². The molecule has 1 N–H and O–H groups in total. The Balaban J connectivity index is 1.99. The molecule has 1 fully saturated rings. The minimum absolute atomic E-state index is 0.107. The minimum atomic E-state index is -0.577. The first-order valence-electron chi connectivity index (χ1n) is 5.35. The standard InChI is InChI=1S/C13H14O3/c14-11-8-12(16-13(15)9-11)7-6-10-4-2-1-3-5-10/h1-7,11-12,14H,8-9H2/b7-6+. The molecule has 3 nitrogen and oxygen atoms in total. The summed E-state index contributed by atoms with van der Waals surface area (Å²) in [5.74, 6) is -0.332. The Bertz CT molecular complexity index is 383. The van der Waals surface area contributed by atoms with Gasteiger partial charge in [-0.2, -0.15) is 0 Å². The molecular formula is C13H14O3. The molecule has 16 heavy (non-hydrogen) atoms. The molecule has 84 valence electrons. The zero-order valence-electron chi connectivity index (χ0n) is 8.87. The SMILES string of the molecule is O=C1CC(O)CC(/C=C/c2ccccc2)O1. The van der Waals surface area contributed by atoms with Crippen LogP contribution in [0.5, 0.6) is 0 Å². The van der Waals surface area contributed by atoms with E-state index in [0.29, 0.717) is 6.42 Å². The zero-order chi connectivity index (χ0) is 11.4. The van der Waals surface area contributed by atoms with Crippen molar-refractivity contribution in [1.82, 2.24) is 0 Å². The molecule has 2 rings (SSSR count). The average molecular weight is 218 g/mol. The summed E-state index contributed by atoms with van der Waals surface area (Å²) < 4.78 is 5.09. The lowest BCUT2D eigenvalue weighted by atomic mass is 10.0. The van der Waals surface area contributed by atoms with Gasteiger partial charge in [-0.15, -0.1) is 0 Å². The van der Waals surface area contributed by atoms with Crippen LogP contribution in [-0.2, 0) is 9.53 Å². The first-order chi connectivity index (χ1) is 7.74. The van der Waals surface area contributed by atoms with Gasteiger partial charge in [0, 0.05) is 6.42 Å². The van der Waals surface area contributed by atoms with Crippen LogP contribution < -0.4 is 0 Å². The molecule has 1 aromatic carbocycles. The summed E-state index contributed by atoms with van der Waals surface area (Å²) in [5, 5.41) is 9.41. The number of ether oxygens (including phenoxy) is 1. The first-order valence-corrected chi connectivity index (χ1v) is 5.35. The number of aliphatic hydroxyl groups is 1. The van der Waals surface area contributed by atoms with Crippen LogP contribution >= 0.6 is 0 Å². The highest BCUT2D eigenvalue weighted by atomic mass is 16.5. The highest BCUT2D eigenvalue weighted by Crippen LogP contribution is 2.16. The van der Waals surface area contributed by atoms with Crippen molar-refractivity contribution in [3.8, 4) is 0 Å². The average Bonchev–Trinajstić information content (AvgIpc) is 2.27. The first kappa shape index (κ1) is 10.9. The van der Waals surface area contributed by atoms with E-state index in [4.69, 9.17) is 4.74 Å². The number of esters is 1. The van der Waals surface area contributed by atoms with E-state index < -0.39 is 6.10 Å². The monoisotopic (exact) mass is 218 g/mol. The third-order valence-corrected chi connectivity index (χ3v) is 2.49. The maximum atomic E-state index is 11.1. The molecule has 0 aromatic heterocycles. The Morgan fingerprint density at radius 2 is 2.06 bits per heavy atom. The van der Waals surface area contributed by atoms with Crippen LogP contribution in [-0.4, -0.2) is 23.3 Å². The second-order valence-corrected chi connectivity index (χ2v) is 3.89. The van der Waals surface area contributed by atoms with Crippen LogP contribution in [0.4, 0.5) is 0 Å². The number of carbonyl (C=O) groups is 1. The molecule has 1 aromatic rings. The zero-order valence-corrected chi connectivity index (χ0v) is 8.87. The maximum Gasteiger partial charge on any atom is 0.309 e. The second kappa shape index (κ2) is 4.94. The van der Waals surface area contributed by atoms with Crippen molar-refractivity contribution in [3.63, 3.8) is 0 Å².